The number of fused-ring (bicyclic) bond motifs is 1. The maximum Gasteiger partial charge on any atom is 0.323 e. The Morgan fingerprint density at radius 1 is 1.03 bits per heavy atom. The van der Waals surface area contributed by atoms with E-state index in [4.69, 9.17) is 11.6 Å². The maximum absolute atomic E-state index is 13.2. The molecular formula is C24H20ClN3O3. The number of imidazole rings is 1. The number of carboxylic acids is 1. The second-order valence-corrected chi connectivity index (χ2v) is 7.59. The number of halogens is 1. The number of hydrogen-bond acceptors (Lipinski definition) is 3. The molecule has 6 nitrogen and oxygen atoms in total. The van der Waals surface area contributed by atoms with Crippen molar-refractivity contribution in [2.24, 2.45) is 0 Å². The van der Waals surface area contributed by atoms with Gasteiger partial charge in [0.25, 0.3) is 5.91 Å². The monoisotopic (exact) mass is 433 g/mol. The van der Waals surface area contributed by atoms with Crippen molar-refractivity contribution in [3.05, 3.63) is 94.8 Å². The molecule has 0 bridgehead atoms. The third-order valence-corrected chi connectivity index (χ3v) is 5.38. The lowest BCUT2D eigenvalue weighted by atomic mass is 10.1. The van der Waals surface area contributed by atoms with Gasteiger partial charge in [0.2, 0.25) is 0 Å². The first kappa shape index (κ1) is 20.6. The highest BCUT2D eigenvalue weighted by Gasteiger charge is 2.21. The number of rotatable bonds is 6. The van der Waals surface area contributed by atoms with Gasteiger partial charge in [-0.25, -0.2) is 4.98 Å². The molecule has 0 spiro atoms. The van der Waals surface area contributed by atoms with Crippen molar-refractivity contribution in [2.75, 3.05) is 6.54 Å². The molecule has 0 saturated heterocycles. The Labute approximate surface area is 184 Å². The normalized spacial score (nSPS) is 10.9. The first-order valence-corrected chi connectivity index (χ1v) is 10.1. The number of aryl methyl sites for hydroxylation is 1. The molecule has 156 valence electrons. The first-order valence-electron chi connectivity index (χ1n) is 9.73. The van der Waals surface area contributed by atoms with Gasteiger partial charge in [0.1, 0.15) is 12.4 Å². The van der Waals surface area contributed by atoms with Crippen LogP contribution in [-0.4, -0.2) is 38.0 Å². The number of nitrogens with zero attached hydrogens (tertiary/aromatic N) is 3. The van der Waals surface area contributed by atoms with E-state index >= 15 is 0 Å². The topological polar surface area (TPSA) is 75.4 Å². The fourth-order valence-electron chi connectivity index (χ4n) is 3.61. The van der Waals surface area contributed by atoms with Crippen LogP contribution in [0.5, 0.6) is 0 Å². The molecule has 0 radical (unpaired) electrons. The largest absolute Gasteiger partial charge is 0.480 e. The van der Waals surface area contributed by atoms with Crippen molar-refractivity contribution in [1.29, 1.82) is 0 Å². The summed E-state index contributed by atoms with van der Waals surface area (Å²) in [6.07, 6.45) is 0. The van der Waals surface area contributed by atoms with E-state index in [0.29, 0.717) is 21.7 Å². The number of hydrogen-bond donors (Lipinski definition) is 1. The summed E-state index contributed by atoms with van der Waals surface area (Å²) in [5.41, 5.74) is 3.58. The number of para-hydroxylation sites is 1. The van der Waals surface area contributed by atoms with Crippen molar-refractivity contribution < 1.29 is 14.7 Å². The predicted octanol–water partition coefficient (Wildman–Crippen LogP) is 4.71. The molecule has 0 aliphatic rings. The van der Waals surface area contributed by atoms with E-state index in [-0.39, 0.29) is 6.54 Å². The number of benzene rings is 3. The van der Waals surface area contributed by atoms with Gasteiger partial charge in [0.15, 0.2) is 0 Å². The molecule has 31 heavy (non-hydrogen) atoms. The minimum Gasteiger partial charge on any atom is -0.480 e. The van der Waals surface area contributed by atoms with Crippen LogP contribution in [0.15, 0.2) is 72.8 Å². The molecular weight excluding hydrogens is 414 g/mol. The van der Waals surface area contributed by atoms with Crippen LogP contribution < -0.4 is 0 Å². The van der Waals surface area contributed by atoms with Gasteiger partial charge < -0.3 is 10.0 Å². The van der Waals surface area contributed by atoms with Crippen LogP contribution in [0.4, 0.5) is 0 Å². The summed E-state index contributed by atoms with van der Waals surface area (Å²) in [7, 11) is 0. The number of aliphatic carboxylic acids is 1. The van der Waals surface area contributed by atoms with Crippen LogP contribution in [-0.2, 0) is 11.3 Å². The predicted molar refractivity (Wildman–Crippen MR) is 120 cm³/mol. The molecule has 4 rings (SSSR count). The molecule has 1 amide bonds. The van der Waals surface area contributed by atoms with Crippen molar-refractivity contribution in [3.8, 4) is 5.69 Å². The molecule has 0 fully saturated rings. The van der Waals surface area contributed by atoms with Crippen molar-refractivity contribution in [3.63, 3.8) is 0 Å². The summed E-state index contributed by atoms with van der Waals surface area (Å²) >= 11 is 6.21. The Kier molecular flexibility index (Phi) is 5.73. The highest BCUT2D eigenvalue weighted by Crippen LogP contribution is 2.24. The van der Waals surface area contributed by atoms with Crippen LogP contribution in [0, 0.1) is 6.92 Å². The van der Waals surface area contributed by atoms with E-state index in [1.165, 1.54) is 4.90 Å². The lowest BCUT2D eigenvalue weighted by Crippen LogP contribution is -2.35. The molecule has 4 aromatic rings. The summed E-state index contributed by atoms with van der Waals surface area (Å²) in [5.74, 6) is -0.689. The average molecular weight is 434 g/mol. The van der Waals surface area contributed by atoms with Crippen LogP contribution in [0.25, 0.3) is 16.7 Å². The summed E-state index contributed by atoms with van der Waals surface area (Å²) in [6.45, 7) is 1.57. The summed E-state index contributed by atoms with van der Waals surface area (Å²) < 4.78 is 2.02. The minimum absolute atomic E-state index is 0.0975. The second kappa shape index (κ2) is 8.62. The summed E-state index contributed by atoms with van der Waals surface area (Å²) in [5, 5.41) is 9.81. The zero-order valence-corrected chi connectivity index (χ0v) is 17.6. The fraction of sp³-hybridized carbons (Fsp3) is 0.125. The van der Waals surface area contributed by atoms with E-state index in [2.05, 4.69) is 4.98 Å². The quantitative estimate of drug-likeness (QED) is 0.477. The van der Waals surface area contributed by atoms with Crippen LogP contribution >= 0.6 is 11.6 Å². The SMILES string of the molecule is Cc1nc2cc(C(=O)N(CC(=O)O)Cc3ccccc3Cl)ccc2n1-c1ccccc1. The minimum atomic E-state index is -1.09. The van der Waals surface area contributed by atoms with E-state index in [1.807, 2.05) is 47.9 Å². The van der Waals surface area contributed by atoms with Gasteiger partial charge in [-0.05, 0) is 48.9 Å². The Balaban J connectivity index is 1.69. The van der Waals surface area contributed by atoms with E-state index in [9.17, 15) is 14.7 Å². The van der Waals surface area contributed by atoms with Crippen LogP contribution in [0.1, 0.15) is 21.7 Å². The van der Waals surface area contributed by atoms with E-state index < -0.39 is 18.4 Å². The van der Waals surface area contributed by atoms with E-state index in [0.717, 1.165) is 17.0 Å². The smallest absolute Gasteiger partial charge is 0.323 e. The first-order chi connectivity index (χ1) is 14.9. The van der Waals surface area contributed by atoms with Crippen molar-refractivity contribution in [1.82, 2.24) is 14.5 Å². The number of carbonyl (C=O) groups excluding carboxylic acids is 1. The van der Waals surface area contributed by atoms with E-state index in [1.54, 1.807) is 36.4 Å². The third-order valence-electron chi connectivity index (χ3n) is 5.02. The lowest BCUT2D eigenvalue weighted by Gasteiger charge is -2.21. The second-order valence-electron chi connectivity index (χ2n) is 7.18. The van der Waals surface area contributed by atoms with Crippen LogP contribution in [0.2, 0.25) is 5.02 Å². The Bertz CT molecular complexity index is 1270. The molecule has 3 aromatic carbocycles. The van der Waals surface area contributed by atoms with Crippen molar-refractivity contribution in [2.45, 2.75) is 13.5 Å². The van der Waals surface area contributed by atoms with Crippen molar-refractivity contribution >= 4 is 34.5 Å². The zero-order chi connectivity index (χ0) is 22.0. The molecule has 0 atom stereocenters. The highest BCUT2D eigenvalue weighted by molar-refractivity contribution is 6.31. The van der Waals surface area contributed by atoms with Gasteiger partial charge in [0.05, 0.1) is 11.0 Å². The molecule has 0 unspecified atom stereocenters. The third kappa shape index (κ3) is 4.29. The van der Waals surface area contributed by atoms with Gasteiger partial charge in [-0.3, -0.25) is 14.2 Å². The van der Waals surface area contributed by atoms with Gasteiger partial charge in [-0.15, -0.1) is 0 Å². The standard InChI is InChI=1S/C24H20ClN3O3/c1-16-26-21-13-17(11-12-22(21)28(16)19-8-3-2-4-9-19)24(31)27(15-23(29)30)14-18-7-5-6-10-20(18)25/h2-13H,14-15H2,1H3,(H,29,30). The lowest BCUT2D eigenvalue weighted by molar-refractivity contribution is -0.137. The molecule has 1 N–H and O–H groups in total. The molecule has 0 aliphatic heterocycles. The zero-order valence-electron chi connectivity index (χ0n) is 16.8. The Morgan fingerprint density at radius 2 is 1.74 bits per heavy atom. The van der Waals surface area contributed by atoms with Gasteiger partial charge in [-0.2, -0.15) is 0 Å². The Hall–Kier alpha value is -3.64. The molecule has 7 heteroatoms. The summed E-state index contributed by atoms with van der Waals surface area (Å²) in [4.78, 5) is 30.5. The summed E-state index contributed by atoms with van der Waals surface area (Å²) in [6, 6.07) is 22.2. The number of aromatic nitrogens is 2. The van der Waals surface area contributed by atoms with Gasteiger partial charge >= 0.3 is 5.97 Å². The fourth-order valence-corrected chi connectivity index (χ4v) is 3.81. The number of amides is 1. The molecule has 0 saturated carbocycles. The number of carbonyl (C=O) groups is 2. The van der Waals surface area contributed by atoms with Gasteiger partial charge in [-0.1, -0.05) is 48.0 Å². The van der Waals surface area contributed by atoms with Gasteiger partial charge in [0, 0.05) is 22.8 Å². The maximum atomic E-state index is 13.2. The Morgan fingerprint density at radius 3 is 2.45 bits per heavy atom. The van der Waals surface area contributed by atoms with Crippen LogP contribution in [0.3, 0.4) is 0 Å². The molecule has 1 aromatic heterocycles. The molecule has 0 aliphatic carbocycles. The highest BCUT2D eigenvalue weighted by atomic mass is 35.5. The molecule has 1 heterocycles. The number of carboxylic acid groups (broad SMARTS) is 1. The average Bonchev–Trinajstić information content (AvgIpc) is 3.09.